The van der Waals surface area contributed by atoms with E-state index in [2.05, 4.69) is 21.2 Å². The van der Waals surface area contributed by atoms with Crippen LogP contribution in [0, 0.1) is 0 Å². The Labute approximate surface area is 114 Å². The molecule has 3 nitrogen and oxygen atoms in total. The molecule has 0 heterocycles. The van der Waals surface area contributed by atoms with Crippen molar-refractivity contribution in [3.05, 3.63) is 58.6 Å². The van der Waals surface area contributed by atoms with Gasteiger partial charge in [0.25, 0.3) is 0 Å². The molecule has 0 aliphatic heterocycles. The molecule has 0 fully saturated rings. The first-order valence-electron chi connectivity index (χ1n) is 5.53. The third-order valence-corrected chi connectivity index (χ3v) is 3.00. The lowest BCUT2D eigenvalue weighted by Crippen LogP contribution is -2.14. The van der Waals surface area contributed by atoms with Crippen LogP contribution < -0.4 is 11.1 Å². The standard InChI is InChI=1S/C14H13BrN2O/c15-11-3-7-13(8-4-11)17-14(18)9-10-1-5-12(16)6-2-10/h1-8H,9,16H2,(H,17,18). The minimum Gasteiger partial charge on any atom is -0.399 e. The second-order valence-electron chi connectivity index (χ2n) is 3.97. The van der Waals surface area contributed by atoms with Crippen LogP contribution in [0.25, 0.3) is 0 Å². The molecule has 0 aromatic heterocycles. The molecule has 0 radical (unpaired) electrons. The molecular formula is C14H13BrN2O. The summed E-state index contributed by atoms with van der Waals surface area (Å²) in [6.07, 6.45) is 0.344. The largest absolute Gasteiger partial charge is 0.399 e. The summed E-state index contributed by atoms with van der Waals surface area (Å²) in [7, 11) is 0. The van der Waals surface area contributed by atoms with Crippen LogP contribution in [0.15, 0.2) is 53.0 Å². The lowest BCUT2D eigenvalue weighted by Gasteiger charge is -2.05. The number of hydrogen-bond acceptors (Lipinski definition) is 2. The van der Waals surface area contributed by atoms with E-state index in [9.17, 15) is 4.79 Å². The summed E-state index contributed by atoms with van der Waals surface area (Å²) in [5, 5.41) is 2.84. The molecule has 2 aromatic rings. The fourth-order valence-corrected chi connectivity index (χ4v) is 1.82. The van der Waals surface area contributed by atoms with E-state index in [1.54, 1.807) is 12.1 Å². The monoisotopic (exact) mass is 304 g/mol. The van der Waals surface area contributed by atoms with Crippen molar-refractivity contribution in [2.24, 2.45) is 0 Å². The fourth-order valence-electron chi connectivity index (χ4n) is 1.56. The van der Waals surface area contributed by atoms with Crippen molar-refractivity contribution >= 4 is 33.2 Å². The van der Waals surface area contributed by atoms with Crippen LogP contribution in [0.5, 0.6) is 0 Å². The third kappa shape index (κ3) is 3.60. The van der Waals surface area contributed by atoms with Crippen molar-refractivity contribution in [1.82, 2.24) is 0 Å². The summed E-state index contributed by atoms with van der Waals surface area (Å²) in [6, 6.07) is 14.8. The van der Waals surface area contributed by atoms with E-state index in [1.807, 2.05) is 36.4 Å². The highest BCUT2D eigenvalue weighted by Crippen LogP contribution is 2.14. The minimum atomic E-state index is -0.0397. The second-order valence-corrected chi connectivity index (χ2v) is 4.89. The van der Waals surface area contributed by atoms with Crippen molar-refractivity contribution in [1.29, 1.82) is 0 Å². The van der Waals surface area contributed by atoms with Gasteiger partial charge in [-0.05, 0) is 42.0 Å². The molecule has 18 heavy (non-hydrogen) atoms. The van der Waals surface area contributed by atoms with Crippen LogP contribution in [0.3, 0.4) is 0 Å². The van der Waals surface area contributed by atoms with Gasteiger partial charge in [-0.25, -0.2) is 0 Å². The third-order valence-electron chi connectivity index (χ3n) is 2.47. The first kappa shape index (κ1) is 12.6. The predicted octanol–water partition coefficient (Wildman–Crippen LogP) is 3.21. The van der Waals surface area contributed by atoms with Crippen LogP contribution in [-0.2, 0) is 11.2 Å². The SMILES string of the molecule is Nc1ccc(CC(=O)Nc2ccc(Br)cc2)cc1. The zero-order chi connectivity index (χ0) is 13.0. The lowest BCUT2D eigenvalue weighted by molar-refractivity contribution is -0.115. The second kappa shape index (κ2) is 5.69. The Balaban J connectivity index is 1.96. The van der Waals surface area contributed by atoms with Crippen molar-refractivity contribution in [3.8, 4) is 0 Å². The zero-order valence-corrected chi connectivity index (χ0v) is 11.3. The highest BCUT2D eigenvalue weighted by Gasteiger charge is 2.03. The first-order valence-corrected chi connectivity index (χ1v) is 6.32. The fraction of sp³-hybridized carbons (Fsp3) is 0.0714. The summed E-state index contributed by atoms with van der Waals surface area (Å²) in [6.45, 7) is 0. The van der Waals surface area contributed by atoms with E-state index in [-0.39, 0.29) is 5.91 Å². The van der Waals surface area contributed by atoms with Gasteiger partial charge in [-0.1, -0.05) is 28.1 Å². The highest BCUT2D eigenvalue weighted by atomic mass is 79.9. The summed E-state index contributed by atoms with van der Waals surface area (Å²) < 4.78 is 0.985. The van der Waals surface area contributed by atoms with E-state index in [1.165, 1.54) is 0 Å². The topological polar surface area (TPSA) is 55.1 Å². The Morgan fingerprint density at radius 2 is 1.67 bits per heavy atom. The number of nitrogen functional groups attached to an aromatic ring is 1. The maximum absolute atomic E-state index is 11.8. The minimum absolute atomic E-state index is 0.0397. The summed E-state index contributed by atoms with van der Waals surface area (Å²) in [5.41, 5.74) is 8.02. The number of hydrogen-bond donors (Lipinski definition) is 2. The maximum atomic E-state index is 11.8. The summed E-state index contributed by atoms with van der Waals surface area (Å²) in [4.78, 5) is 11.8. The van der Waals surface area contributed by atoms with Crippen molar-refractivity contribution < 1.29 is 4.79 Å². The number of nitrogens with two attached hydrogens (primary N) is 1. The highest BCUT2D eigenvalue weighted by molar-refractivity contribution is 9.10. The van der Waals surface area contributed by atoms with Crippen LogP contribution in [0.1, 0.15) is 5.56 Å². The number of benzene rings is 2. The number of amides is 1. The van der Waals surface area contributed by atoms with Crippen LogP contribution in [-0.4, -0.2) is 5.91 Å². The smallest absolute Gasteiger partial charge is 0.228 e. The maximum Gasteiger partial charge on any atom is 0.228 e. The molecule has 0 aliphatic rings. The average Bonchev–Trinajstić information content (AvgIpc) is 2.35. The molecule has 0 unspecified atom stereocenters. The number of anilines is 2. The van der Waals surface area contributed by atoms with E-state index in [0.717, 1.165) is 15.7 Å². The molecule has 0 saturated carbocycles. The molecule has 4 heteroatoms. The van der Waals surface area contributed by atoms with Gasteiger partial charge in [-0.2, -0.15) is 0 Å². The van der Waals surface area contributed by atoms with Crippen molar-refractivity contribution in [2.75, 3.05) is 11.1 Å². The number of carbonyl (C=O) groups is 1. The Bertz CT molecular complexity index is 485. The van der Waals surface area contributed by atoms with Gasteiger partial charge in [0, 0.05) is 15.8 Å². The molecule has 0 saturated heterocycles. The quantitative estimate of drug-likeness (QED) is 0.856. The number of carbonyl (C=O) groups excluding carboxylic acids is 1. The van der Waals surface area contributed by atoms with Crippen LogP contribution >= 0.6 is 15.9 Å². The Kier molecular flexibility index (Phi) is 3.99. The van der Waals surface area contributed by atoms with Gasteiger partial charge in [0.1, 0.15) is 0 Å². The van der Waals surface area contributed by atoms with Gasteiger partial charge >= 0.3 is 0 Å². The number of halogens is 1. The molecule has 92 valence electrons. The molecule has 2 aromatic carbocycles. The Hall–Kier alpha value is -1.81. The molecule has 0 atom stereocenters. The molecule has 0 spiro atoms. The van der Waals surface area contributed by atoms with Crippen LogP contribution in [0.2, 0.25) is 0 Å². The molecule has 0 bridgehead atoms. The van der Waals surface area contributed by atoms with E-state index >= 15 is 0 Å². The predicted molar refractivity (Wildman–Crippen MR) is 77.3 cm³/mol. The van der Waals surface area contributed by atoms with E-state index in [4.69, 9.17) is 5.73 Å². The Morgan fingerprint density at radius 3 is 2.28 bits per heavy atom. The zero-order valence-electron chi connectivity index (χ0n) is 9.69. The van der Waals surface area contributed by atoms with Gasteiger partial charge < -0.3 is 11.1 Å². The first-order chi connectivity index (χ1) is 8.63. The number of rotatable bonds is 3. The Morgan fingerprint density at radius 1 is 1.06 bits per heavy atom. The van der Waals surface area contributed by atoms with Gasteiger partial charge in [0.05, 0.1) is 6.42 Å². The lowest BCUT2D eigenvalue weighted by atomic mass is 10.1. The molecule has 0 aliphatic carbocycles. The summed E-state index contributed by atoms with van der Waals surface area (Å²) in [5.74, 6) is -0.0397. The van der Waals surface area contributed by atoms with E-state index < -0.39 is 0 Å². The molecule has 1 amide bonds. The van der Waals surface area contributed by atoms with Gasteiger partial charge in [-0.15, -0.1) is 0 Å². The van der Waals surface area contributed by atoms with Gasteiger partial charge in [-0.3, -0.25) is 4.79 Å². The van der Waals surface area contributed by atoms with Crippen molar-refractivity contribution in [2.45, 2.75) is 6.42 Å². The van der Waals surface area contributed by atoms with Gasteiger partial charge in [0.2, 0.25) is 5.91 Å². The van der Waals surface area contributed by atoms with Crippen molar-refractivity contribution in [3.63, 3.8) is 0 Å². The van der Waals surface area contributed by atoms with Gasteiger partial charge in [0.15, 0.2) is 0 Å². The molecule has 3 N–H and O–H groups in total. The van der Waals surface area contributed by atoms with Crippen LogP contribution in [0.4, 0.5) is 11.4 Å². The van der Waals surface area contributed by atoms with E-state index in [0.29, 0.717) is 12.1 Å². The average molecular weight is 305 g/mol. The molecular weight excluding hydrogens is 292 g/mol. The summed E-state index contributed by atoms with van der Waals surface area (Å²) >= 11 is 3.35. The molecule has 2 rings (SSSR count). The number of nitrogens with one attached hydrogen (secondary N) is 1. The normalized spacial score (nSPS) is 10.1.